The third-order valence-corrected chi connectivity index (χ3v) is 12.4. The van der Waals surface area contributed by atoms with Gasteiger partial charge in [-0.3, -0.25) is 9.11 Å². The summed E-state index contributed by atoms with van der Waals surface area (Å²) < 4.78 is 134. The molecule has 7 rings (SSSR count). The number of phenols is 1. The summed E-state index contributed by atoms with van der Waals surface area (Å²) in [6.07, 6.45) is 2.31. The highest BCUT2D eigenvalue weighted by Crippen LogP contribution is 2.42. The fourth-order valence-electron chi connectivity index (χ4n) is 6.93. The lowest BCUT2D eigenvalue weighted by Gasteiger charge is -2.10. The van der Waals surface area contributed by atoms with Crippen LogP contribution in [0.5, 0.6) is 23.0 Å². The summed E-state index contributed by atoms with van der Waals surface area (Å²) in [4.78, 5) is 11.5. The Kier molecular flexibility index (Phi) is 21.8. The van der Waals surface area contributed by atoms with Gasteiger partial charge in [0.15, 0.2) is 5.75 Å². The van der Waals surface area contributed by atoms with Gasteiger partial charge in [0.2, 0.25) is 11.4 Å². The highest BCUT2D eigenvalue weighted by atomic mass is 32.2. The molecule has 27 nitrogen and oxygen atoms in total. The van der Waals surface area contributed by atoms with Gasteiger partial charge in [-0.1, -0.05) is 22.8 Å². The smallest absolute Gasteiger partial charge is 0.437 e. The molecule has 0 saturated carbocycles. The summed E-state index contributed by atoms with van der Waals surface area (Å²) in [6, 6.07) is 32.0. The Morgan fingerprint density at radius 2 is 1.07 bits per heavy atom. The molecule has 0 atom stereocenters. The van der Waals surface area contributed by atoms with Gasteiger partial charge in [-0.15, -0.1) is 50.8 Å². The van der Waals surface area contributed by atoms with E-state index in [0.717, 1.165) is 0 Å². The zero-order valence-corrected chi connectivity index (χ0v) is 45.4. The van der Waals surface area contributed by atoms with E-state index in [4.69, 9.17) is 49.8 Å². The number of aryl methyl sites for hydroxylation is 2. The van der Waals surface area contributed by atoms with E-state index >= 15 is 0 Å². The van der Waals surface area contributed by atoms with E-state index < -0.39 is 52.1 Å². The molecule has 0 heterocycles. The van der Waals surface area contributed by atoms with Crippen LogP contribution in [0.25, 0.3) is 10.8 Å². The van der Waals surface area contributed by atoms with Crippen molar-refractivity contribution in [3.63, 3.8) is 0 Å². The number of unbranched alkanes of at least 4 members (excludes halogenated alkanes) is 1. The number of anilines is 1. The molecule has 0 amide bonds. The van der Waals surface area contributed by atoms with Gasteiger partial charge in [0.25, 0.3) is 20.2 Å². The van der Waals surface area contributed by atoms with Crippen LogP contribution in [0, 0.1) is 13.8 Å². The number of benzene rings is 7. The van der Waals surface area contributed by atoms with Gasteiger partial charge in [-0.05, 0) is 104 Å². The second-order valence-corrected chi connectivity index (χ2v) is 19.9. The molecule has 0 aromatic heterocycles. The molecule has 416 valence electrons. The predicted octanol–water partition coefficient (Wildman–Crippen LogP) is 10.9. The number of methoxy groups -OCH3 is 2. The average Bonchev–Trinajstić information content (AvgIpc) is 3.40. The topological polar surface area (TPSA) is 404 Å². The summed E-state index contributed by atoms with van der Waals surface area (Å²) in [5.41, 5.74) is 10.9. The molecule has 0 aliphatic carbocycles. The fraction of sp³-hybridized carbons (Fsp3) is 0.163. The standard InChI is InChI=1S/C49H44N10O11S2.2O3S/c1-30-24-44(46(69-4)27-41(30)55-52-38-20-14-34(26-47(38)70-21-7-8-22-71(62,63)64)51-53-39-9-5-6-10-48(39)72(65,66)67)58-56-42-28-45(68-3)43(23-31(42)2)57-54-40-19-11-32-25-36(17-18-37(32)49(40)61)59(29-60)35-15-12-33(50)13-16-35;2*1-4(2)3/h5-6,9-20,23-28H,7-8,21-22,50H2,1-4H3,(H2-,52,53,57,58,61,62,63,64,65,66,67);;/p+1. The lowest BCUT2D eigenvalue weighted by atomic mass is 10.1. The molecule has 0 radical (unpaired) electrons. The number of nitrogens with zero attached hydrogens (tertiary/aromatic N) is 9. The van der Waals surface area contributed by atoms with Gasteiger partial charge in [0.05, 0.1) is 43.6 Å². The number of rotatable bonds is 19. The summed E-state index contributed by atoms with van der Waals surface area (Å²) in [7, 11) is -12.0. The van der Waals surface area contributed by atoms with Crippen LogP contribution in [0.15, 0.2) is 167 Å². The summed E-state index contributed by atoms with van der Waals surface area (Å²) in [6.45, 7) is 3.63. The highest BCUT2D eigenvalue weighted by molar-refractivity contribution is 7.86. The maximum atomic E-state index is 11.9. The molecule has 7 aromatic rings. The Bertz CT molecular complexity index is 4060. The number of aromatic hydroxyl groups is 1. The van der Waals surface area contributed by atoms with Gasteiger partial charge in [0, 0.05) is 53.5 Å². The van der Waals surface area contributed by atoms with Crippen molar-refractivity contribution < 1.29 is 75.3 Å². The number of fused-ring (bicyclic) bond motifs is 1. The molecule has 80 heavy (non-hydrogen) atoms. The Hall–Kier alpha value is -9.36. The largest absolute Gasteiger partial charge is 0.505 e. The van der Waals surface area contributed by atoms with Crippen LogP contribution >= 0.6 is 0 Å². The molecule has 31 heteroatoms. The van der Waals surface area contributed by atoms with Crippen LogP contribution in [0.3, 0.4) is 0 Å². The molecule has 0 bridgehead atoms. The number of hydrogen-bond acceptors (Lipinski definition) is 24. The second kappa shape index (κ2) is 28.3. The van der Waals surface area contributed by atoms with Crippen molar-refractivity contribution in [3.05, 3.63) is 132 Å². The van der Waals surface area contributed by atoms with Crippen molar-refractivity contribution >= 4 is 121 Å². The minimum absolute atomic E-state index is 0.0313. The monoisotopic (exact) mass is 1170 g/mol. The number of isocyanates is 1. The van der Waals surface area contributed by atoms with E-state index in [1.165, 1.54) is 61.3 Å². The molecule has 0 spiro atoms. The normalized spacial score (nSPS) is 11.5. The second-order valence-electron chi connectivity index (χ2n) is 16.1. The minimum atomic E-state index is -4.58. The fourth-order valence-corrected chi connectivity index (χ4v) is 8.13. The SMILES string of the molecule is COc1cc(N=Nc2ccc(N=Nc3ccccc3S(=O)(=O)O)cc2OCCCCS(=O)(=O)O)c(C)cc1N=Nc1cc(OC)c(N=Nc2ccc3cc([N+](=C=O)c4ccc(N)cc4)ccc3c2O)cc1C.O=S(=O)=O.O=S(=O)=O. The molecular weight excluding hydrogens is 1130 g/mol. The van der Waals surface area contributed by atoms with Crippen molar-refractivity contribution in [3.8, 4) is 23.0 Å². The van der Waals surface area contributed by atoms with Gasteiger partial charge in [-0.25, -0.2) is 0 Å². The first kappa shape index (κ1) is 61.5. The summed E-state index contributed by atoms with van der Waals surface area (Å²) >= 11 is 0. The van der Waals surface area contributed by atoms with Gasteiger partial charge in [0.1, 0.15) is 50.6 Å². The number of azo groups is 4. The van der Waals surface area contributed by atoms with Crippen molar-refractivity contribution in [1.82, 2.24) is 4.58 Å². The maximum Gasteiger partial charge on any atom is 0.437 e. The molecule has 5 N–H and O–H groups in total. The zero-order valence-electron chi connectivity index (χ0n) is 42.2. The Labute approximate surface area is 458 Å². The predicted molar refractivity (Wildman–Crippen MR) is 289 cm³/mol. The number of hydrogen-bond donors (Lipinski definition) is 4. The van der Waals surface area contributed by atoms with Gasteiger partial charge in [-0.2, -0.15) is 37.0 Å². The van der Waals surface area contributed by atoms with Crippen molar-refractivity contribution in [1.29, 1.82) is 0 Å². The first-order valence-corrected chi connectivity index (χ1v) is 27.6. The lowest BCUT2D eigenvalue weighted by molar-refractivity contribution is 0.310. The molecule has 0 aliphatic heterocycles. The van der Waals surface area contributed by atoms with Crippen molar-refractivity contribution in [2.45, 2.75) is 31.6 Å². The van der Waals surface area contributed by atoms with Crippen LogP contribution in [0.2, 0.25) is 0 Å². The van der Waals surface area contributed by atoms with E-state index in [-0.39, 0.29) is 53.7 Å². The van der Waals surface area contributed by atoms with E-state index in [0.29, 0.717) is 73.2 Å². The lowest BCUT2D eigenvalue weighted by Crippen LogP contribution is -2.06. The van der Waals surface area contributed by atoms with E-state index in [2.05, 4.69) is 40.9 Å². The first-order chi connectivity index (χ1) is 37.9. The number of ether oxygens (including phenoxy) is 3. The van der Waals surface area contributed by atoms with E-state index in [9.17, 15) is 31.3 Å². The van der Waals surface area contributed by atoms with Crippen molar-refractivity contribution in [2.75, 3.05) is 32.3 Å². The minimum Gasteiger partial charge on any atom is -0.505 e. The Balaban J connectivity index is 0.00000138. The number of phenolic OH excluding ortho intramolecular Hbond substituents is 1. The summed E-state index contributed by atoms with van der Waals surface area (Å²) in [5, 5.41) is 46.9. The van der Waals surface area contributed by atoms with Crippen molar-refractivity contribution in [2.24, 2.45) is 40.9 Å². The first-order valence-electron chi connectivity index (χ1n) is 22.6. The van der Waals surface area contributed by atoms with Gasteiger partial charge < -0.3 is 25.1 Å². The molecule has 7 aromatic carbocycles. The number of nitrogen functional groups attached to an aromatic ring is 1. The summed E-state index contributed by atoms with van der Waals surface area (Å²) in [5.74, 6) is 0.263. The van der Waals surface area contributed by atoms with Crippen LogP contribution < -0.4 is 24.5 Å². The Morgan fingerprint density at radius 1 is 0.562 bits per heavy atom. The maximum absolute atomic E-state index is 11.9. The van der Waals surface area contributed by atoms with Crippen LogP contribution in [0.4, 0.5) is 62.6 Å². The van der Waals surface area contributed by atoms with Gasteiger partial charge >= 0.3 is 27.3 Å². The third kappa shape index (κ3) is 18.1. The zero-order chi connectivity index (χ0) is 58.7. The molecular formula is C49H45N10O17S4+. The highest BCUT2D eigenvalue weighted by Gasteiger charge is 2.19. The number of nitrogens with two attached hydrogens (primary N) is 1. The van der Waals surface area contributed by atoms with E-state index in [1.807, 2.05) is 13.0 Å². The van der Waals surface area contributed by atoms with E-state index in [1.54, 1.807) is 85.8 Å². The Morgan fingerprint density at radius 3 is 1.62 bits per heavy atom. The molecule has 0 unspecified atom stereocenters. The average molecular weight is 1170 g/mol. The van der Waals surface area contributed by atoms with Crippen LogP contribution in [-0.4, -0.2) is 89.0 Å². The third-order valence-electron chi connectivity index (χ3n) is 10.7. The molecule has 0 aliphatic rings. The van der Waals surface area contributed by atoms with Crippen LogP contribution in [0.1, 0.15) is 24.0 Å². The molecule has 0 fully saturated rings. The quantitative estimate of drug-likeness (QED) is 0.0111. The molecule has 0 saturated heterocycles. The number of carbonyl (C=O) groups excluding carboxylic acids is 1. The van der Waals surface area contributed by atoms with Crippen LogP contribution in [-0.2, 0) is 46.2 Å².